The van der Waals surface area contributed by atoms with Crippen molar-refractivity contribution in [1.29, 1.82) is 0 Å². The SMILES string of the molecule is CCc1csc(C(Cc2ccccc2NS(=O)(=O)O)C(C(N)=O)c2nc(CC)cs2)n1. The molecule has 0 spiro atoms. The van der Waals surface area contributed by atoms with Crippen molar-refractivity contribution in [2.45, 2.75) is 44.9 Å². The van der Waals surface area contributed by atoms with E-state index in [9.17, 15) is 17.8 Å². The quantitative estimate of drug-likeness (QED) is 0.380. The van der Waals surface area contributed by atoms with E-state index in [1.54, 1.807) is 24.3 Å². The molecule has 0 bridgehead atoms. The molecule has 0 fully saturated rings. The number of nitrogens with two attached hydrogens (primary N) is 1. The topological polar surface area (TPSA) is 135 Å². The number of benzene rings is 1. The van der Waals surface area contributed by atoms with Crippen molar-refractivity contribution in [3.05, 3.63) is 62.0 Å². The van der Waals surface area contributed by atoms with Crippen molar-refractivity contribution in [3.63, 3.8) is 0 Å². The van der Waals surface area contributed by atoms with Gasteiger partial charge in [0.15, 0.2) is 0 Å². The summed E-state index contributed by atoms with van der Waals surface area (Å²) in [5.74, 6) is -1.68. The molecular weight excluding hydrogens is 456 g/mol. The van der Waals surface area contributed by atoms with E-state index < -0.39 is 28.0 Å². The molecule has 3 aromatic rings. The smallest absolute Gasteiger partial charge is 0.357 e. The van der Waals surface area contributed by atoms with Crippen LogP contribution in [0.15, 0.2) is 35.0 Å². The number of aromatic nitrogens is 2. The molecule has 2 aromatic heterocycles. The van der Waals surface area contributed by atoms with Crippen molar-refractivity contribution in [2.75, 3.05) is 4.72 Å². The zero-order valence-electron chi connectivity index (χ0n) is 17.1. The van der Waals surface area contributed by atoms with Gasteiger partial charge in [0.05, 0.1) is 28.0 Å². The number of anilines is 1. The molecule has 11 heteroatoms. The van der Waals surface area contributed by atoms with Crippen LogP contribution in [-0.4, -0.2) is 28.8 Å². The van der Waals surface area contributed by atoms with E-state index in [0.29, 0.717) is 10.6 Å². The number of hydrogen-bond acceptors (Lipinski definition) is 7. The number of carbonyl (C=O) groups is 1. The van der Waals surface area contributed by atoms with Gasteiger partial charge in [0.1, 0.15) is 5.01 Å². The molecule has 0 aliphatic carbocycles. The van der Waals surface area contributed by atoms with Crippen LogP contribution < -0.4 is 10.5 Å². The second-order valence-electron chi connectivity index (χ2n) is 6.99. The Morgan fingerprint density at radius 2 is 1.68 bits per heavy atom. The van der Waals surface area contributed by atoms with Gasteiger partial charge in [0.2, 0.25) is 5.91 Å². The summed E-state index contributed by atoms with van der Waals surface area (Å²) in [5.41, 5.74) is 8.48. The highest BCUT2D eigenvalue weighted by Crippen LogP contribution is 2.39. The summed E-state index contributed by atoms with van der Waals surface area (Å²) in [6.45, 7) is 3.99. The number of amides is 1. The third kappa shape index (κ3) is 5.88. The standard InChI is InChI=1S/C20H24N4O4S3/c1-3-13-10-29-19(22-13)15(17(18(21)25)20-23-14(4-2)11-30-20)9-12-7-5-6-8-16(12)24-31(26,27)28/h5-8,10-11,15,17,24H,3-4,9H2,1-2H3,(H2,21,25)(H,26,27,28). The van der Waals surface area contributed by atoms with Gasteiger partial charge in [-0.1, -0.05) is 32.0 Å². The minimum absolute atomic E-state index is 0.235. The number of primary amides is 1. The molecule has 0 aliphatic rings. The Bertz CT molecular complexity index is 1160. The van der Waals surface area contributed by atoms with Gasteiger partial charge in [-0.05, 0) is 30.9 Å². The summed E-state index contributed by atoms with van der Waals surface area (Å²) < 4.78 is 34.2. The molecule has 4 N–H and O–H groups in total. The number of para-hydroxylation sites is 1. The Hall–Kier alpha value is -2.34. The molecule has 8 nitrogen and oxygen atoms in total. The number of nitrogens with zero attached hydrogens (tertiary/aromatic N) is 2. The fraction of sp³-hybridized carbons (Fsp3) is 0.350. The number of thiazole rings is 2. The highest BCUT2D eigenvalue weighted by Gasteiger charge is 2.35. The van der Waals surface area contributed by atoms with E-state index in [2.05, 4.69) is 14.7 Å². The minimum atomic E-state index is -4.45. The van der Waals surface area contributed by atoms with Gasteiger partial charge in [-0.2, -0.15) is 8.42 Å². The third-order valence-corrected chi connectivity index (χ3v) is 7.33. The van der Waals surface area contributed by atoms with E-state index in [4.69, 9.17) is 5.73 Å². The molecule has 0 saturated carbocycles. The van der Waals surface area contributed by atoms with E-state index in [0.717, 1.165) is 29.2 Å². The zero-order valence-corrected chi connectivity index (χ0v) is 19.6. The predicted octanol–water partition coefficient (Wildman–Crippen LogP) is 3.53. The fourth-order valence-corrected chi connectivity index (χ4v) is 5.89. The lowest BCUT2D eigenvalue weighted by Crippen LogP contribution is -2.28. The van der Waals surface area contributed by atoms with Crippen LogP contribution >= 0.6 is 22.7 Å². The molecule has 0 saturated heterocycles. The first-order valence-corrected chi connectivity index (χ1v) is 12.9. The maximum absolute atomic E-state index is 12.6. The lowest BCUT2D eigenvalue weighted by molar-refractivity contribution is -0.120. The average molecular weight is 481 g/mol. The molecule has 2 unspecified atom stereocenters. The fourth-order valence-electron chi connectivity index (χ4n) is 3.30. The van der Waals surface area contributed by atoms with Gasteiger partial charge in [0, 0.05) is 16.7 Å². The maximum Gasteiger partial charge on any atom is 0.357 e. The number of nitrogens with one attached hydrogen (secondary N) is 1. The highest BCUT2D eigenvalue weighted by atomic mass is 32.2. The summed E-state index contributed by atoms with van der Waals surface area (Å²) in [4.78, 5) is 21.9. The molecule has 1 aromatic carbocycles. The van der Waals surface area contributed by atoms with Crippen molar-refractivity contribution < 1.29 is 17.8 Å². The van der Waals surface area contributed by atoms with Crippen LogP contribution in [0.5, 0.6) is 0 Å². The first-order valence-electron chi connectivity index (χ1n) is 9.72. The van der Waals surface area contributed by atoms with Crippen LogP contribution in [0, 0.1) is 0 Å². The molecule has 1 amide bonds. The maximum atomic E-state index is 12.6. The van der Waals surface area contributed by atoms with Crippen molar-refractivity contribution in [2.24, 2.45) is 5.73 Å². The van der Waals surface area contributed by atoms with Gasteiger partial charge in [-0.15, -0.1) is 22.7 Å². The number of rotatable bonds is 10. The molecular formula is C20H24N4O4S3. The van der Waals surface area contributed by atoms with E-state index in [1.165, 1.54) is 22.7 Å². The molecule has 31 heavy (non-hydrogen) atoms. The number of carbonyl (C=O) groups excluding carboxylic acids is 1. The molecule has 2 atom stereocenters. The summed E-state index contributed by atoms with van der Waals surface area (Å²) in [5, 5.41) is 5.20. The lowest BCUT2D eigenvalue weighted by Gasteiger charge is -2.23. The first-order chi connectivity index (χ1) is 14.7. The second kappa shape index (κ2) is 9.86. The Balaban J connectivity index is 2.08. The van der Waals surface area contributed by atoms with Crippen LogP contribution in [-0.2, 0) is 34.4 Å². The van der Waals surface area contributed by atoms with E-state index in [-0.39, 0.29) is 12.1 Å². The van der Waals surface area contributed by atoms with Gasteiger partial charge in [-0.3, -0.25) is 14.1 Å². The zero-order chi connectivity index (χ0) is 22.6. The van der Waals surface area contributed by atoms with E-state index in [1.807, 2.05) is 24.6 Å². The second-order valence-corrected chi connectivity index (χ2v) is 9.92. The first kappa shape index (κ1) is 23.3. The predicted molar refractivity (Wildman–Crippen MR) is 123 cm³/mol. The lowest BCUT2D eigenvalue weighted by atomic mass is 9.86. The van der Waals surface area contributed by atoms with Crippen LogP contribution in [0.2, 0.25) is 0 Å². The third-order valence-electron chi connectivity index (χ3n) is 4.85. The molecule has 2 heterocycles. The largest absolute Gasteiger partial charge is 0.369 e. The average Bonchev–Trinajstić information content (AvgIpc) is 3.36. The van der Waals surface area contributed by atoms with E-state index >= 15 is 0 Å². The Morgan fingerprint density at radius 1 is 1.10 bits per heavy atom. The number of hydrogen-bond donors (Lipinski definition) is 3. The summed E-state index contributed by atoms with van der Waals surface area (Å²) in [7, 11) is -4.45. The molecule has 0 radical (unpaired) electrons. The molecule has 3 rings (SSSR count). The Morgan fingerprint density at radius 3 is 2.23 bits per heavy atom. The van der Waals surface area contributed by atoms with Crippen molar-refractivity contribution in [3.8, 4) is 0 Å². The Kier molecular flexibility index (Phi) is 7.42. The Labute approximate surface area is 189 Å². The van der Waals surface area contributed by atoms with Crippen LogP contribution in [0.4, 0.5) is 5.69 Å². The van der Waals surface area contributed by atoms with Crippen LogP contribution in [0.1, 0.15) is 52.6 Å². The van der Waals surface area contributed by atoms with Crippen LogP contribution in [0.25, 0.3) is 0 Å². The molecule has 166 valence electrons. The number of aryl methyl sites for hydroxylation is 2. The van der Waals surface area contributed by atoms with Gasteiger partial charge >= 0.3 is 10.3 Å². The van der Waals surface area contributed by atoms with Crippen molar-refractivity contribution >= 4 is 44.6 Å². The summed E-state index contributed by atoms with van der Waals surface area (Å²) in [6.07, 6.45) is 1.78. The highest BCUT2D eigenvalue weighted by molar-refractivity contribution is 7.87. The van der Waals surface area contributed by atoms with Crippen molar-refractivity contribution in [1.82, 2.24) is 9.97 Å². The summed E-state index contributed by atoms with van der Waals surface area (Å²) >= 11 is 2.83. The van der Waals surface area contributed by atoms with Crippen LogP contribution in [0.3, 0.4) is 0 Å². The summed E-state index contributed by atoms with van der Waals surface area (Å²) in [6, 6.07) is 6.72. The normalized spacial score (nSPS) is 13.6. The minimum Gasteiger partial charge on any atom is -0.369 e. The monoisotopic (exact) mass is 480 g/mol. The van der Waals surface area contributed by atoms with Gasteiger partial charge in [0.25, 0.3) is 0 Å². The van der Waals surface area contributed by atoms with Gasteiger partial charge in [-0.25, -0.2) is 9.97 Å². The molecule has 0 aliphatic heterocycles. The van der Waals surface area contributed by atoms with Gasteiger partial charge < -0.3 is 5.73 Å².